The van der Waals surface area contributed by atoms with Crippen molar-refractivity contribution in [2.24, 2.45) is 5.92 Å². The summed E-state index contributed by atoms with van der Waals surface area (Å²) in [6.07, 6.45) is 4.26. The lowest BCUT2D eigenvalue weighted by atomic mass is 9.84. The van der Waals surface area contributed by atoms with Crippen LogP contribution in [0.2, 0.25) is 0 Å². The molecule has 1 aliphatic rings. The van der Waals surface area contributed by atoms with Crippen molar-refractivity contribution in [3.05, 3.63) is 18.3 Å². The fourth-order valence-corrected chi connectivity index (χ4v) is 3.13. The third-order valence-electron chi connectivity index (χ3n) is 4.52. The van der Waals surface area contributed by atoms with E-state index in [2.05, 4.69) is 22.2 Å². The highest BCUT2D eigenvalue weighted by atomic mass is 16.5. The quantitative estimate of drug-likeness (QED) is 0.903. The van der Waals surface area contributed by atoms with Gasteiger partial charge in [-0.05, 0) is 25.2 Å². The molecule has 2 N–H and O–H groups in total. The Bertz CT molecular complexity index is 692. The summed E-state index contributed by atoms with van der Waals surface area (Å²) in [7, 11) is 3.21. The lowest BCUT2D eigenvalue weighted by Crippen LogP contribution is -2.34. The van der Waals surface area contributed by atoms with E-state index in [1.165, 1.54) is 0 Å². The molecule has 0 aliphatic heterocycles. The van der Waals surface area contributed by atoms with Crippen molar-refractivity contribution in [1.29, 1.82) is 0 Å². The van der Waals surface area contributed by atoms with Gasteiger partial charge in [-0.3, -0.25) is 4.98 Å². The highest BCUT2D eigenvalue weighted by Crippen LogP contribution is 2.31. The van der Waals surface area contributed by atoms with Crippen LogP contribution in [-0.2, 0) is 0 Å². The maximum atomic E-state index is 9.83. The van der Waals surface area contributed by atoms with E-state index in [0.717, 1.165) is 36.1 Å². The van der Waals surface area contributed by atoms with Crippen molar-refractivity contribution >= 4 is 16.9 Å². The molecule has 0 bridgehead atoms. The fraction of sp³-hybridized carbons (Fsp3) is 0.529. The van der Waals surface area contributed by atoms with Crippen molar-refractivity contribution < 1.29 is 14.6 Å². The Kier molecular flexibility index (Phi) is 4.52. The number of aromatic nitrogens is 2. The van der Waals surface area contributed by atoms with Crippen LogP contribution in [0.25, 0.3) is 11.0 Å². The zero-order chi connectivity index (χ0) is 16.4. The number of anilines is 1. The molecule has 0 amide bonds. The average Bonchev–Trinajstić information content (AvgIpc) is 2.56. The van der Waals surface area contributed by atoms with Gasteiger partial charge in [0.1, 0.15) is 5.82 Å². The van der Waals surface area contributed by atoms with Gasteiger partial charge >= 0.3 is 0 Å². The van der Waals surface area contributed by atoms with Gasteiger partial charge in [0, 0.05) is 18.2 Å². The number of aliphatic hydroxyl groups excluding tert-OH is 1. The molecule has 1 saturated carbocycles. The van der Waals surface area contributed by atoms with Crippen LogP contribution < -0.4 is 14.8 Å². The standard InChI is InChI=1S/C17H23N3O3/c1-10-6-11(4-5-14(10)21)19-17-9-18-12-7-15(22-2)16(23-3)8-13(12)20-17/h7-11,14,21H,4-6H2,1-3H3,(H,19,20)/t10-,11-,14+/m0/s1. The van der Waals surface area contributed by atoms with Gasteiger partial charge in [-0.2, -0.15) is 0 Å². The molecule has 23 heavy (non-hydrogen) atoms. The SMILES string of the molecule is COc1cc2ncc(N[C@H]3CC[C@@H](O)[C@@H](C)C3)nc2cc1OC. The van der Waals surface area contributed by atoms with Gasteiger partial charge in [-0.15, -0.1) is 0 Å². The van der Waals surface area contributed by atoms with Crippen LogP contribution in [0.4, 0.5) is 5.82 Å². The van der Waals surface area contributed by atoms with E-state index in [-0.39, 0.29) is 6.10 Å². The number of aliphatic hydroxyl groups is 1. The number of nitrogens with one attached hydrogen (secondary N) is 1. The number of nitrogens with zero attached hydrogens (tertiary/aromatic N) is 2. The molecule has 124 valence electrons. The predicted octanol–water partition coefficient (Wildman–Crippen LogP) is 2.61. The normalized spacial score (nSPS) is 24.4. The summed E-state index contributed by atoms with van der Waals surface area (Å²) < 4.78 is 10.6. The molecule has 6 nitrogen and oxygen atoms in total. The Labute approximate surface area is 135 Å². The molecule has 0 saturated heterocycles. The topological polar surface area (TPSA) is 76.5 Å². The van der Waals surface area contributed by atoms with Crippen molar-refractivity contribution in [1.82, 2.24) is 9.97 Å². The molecule has 3 rings (SSSR count). The van der Waals surface area contributed by atoms with E-state index in [1.807, 2.05) is 12.1 Å². The van der Waals surface area contributed by atoms with Crippen LogP contribution >= 0.6 is 0 Å². The Morgan fingerprint density at radius 2 is 1.83 bits per heavy atom. The Morgan fingerprint density at radius 1 is 1.13 bits per heavy atom. The summed E-state index contributed by atoms with van der Waals surface area (Å²) in [5.41, 5.74) is 1.53. The summed E-state index contributed by atoms with van der Waals surface area (Å²) in [5, 5.41) is 13.3. The second-order valence-corrected chi connectivity index (χ2v) is 6.15. The highest BCUT2D eigenvalue weighted by molar-refractivity contribution is 5.80. The van der Waals surface area contributed by atoms with Crippen LogP contribution in [0.5, 0.6) is 11.5 Å². The molecule has 1 aromatic carbocycles. The first-order chi connectivity index (χ1) is 11.1. The van der Waals surface area contributed by atoms with E-state index in [4.69, 9.17) is 9.47 Å². The molecule has 1 aliphatic carbocycles. The maximum Gasteiger partial charge on any atom is 0.163 e. The fourth-order valence-electron chi connectivity index (χ4n) is 3.13. The van der Waals surface area contributed by atoms with Crippen LogP contribution in [0.1, 0.15) is 26.2 Å². The van der Waals surface area contributed by atoms with Gasteiger partial charge in [0.25, 0.3) is 0 Å². The molecule has 1 heterocycles. The number of hydrogen-bond donors (Lipinski definition) is 2. The largest absolute Gasteiger partial charge is 0.493 e. The van der Waals surface area contributed by atoms with Crippen LogP contribution in [0, 0.1) is 5.92 Å². The Morgan fingerprint density at radius 3 is 2.48 bits per heavy atom. The zero-order valence-corrected chi connectivity index (χ0v) is 13.7. The minimum absolute atomic E-state index is 0.188. The zero-order valence-electron chi connectivity index (χ0n) is 13.7. The number of ether oxygens (including phenoxy) is 2. The van der Waals surface area contributed by atoms with Gasteiger partial charge in [-0.1, -0.05) is 6.92 Å². The first-order valence-corrected chi connectivity index (χ1v) is 7.94. The van der Waals surface area contributed by atoms with Gasteiger partial charge in [-0.25, -0.2) is 4.98 Å². The summed E-state index contributed by atoms with van der Waals surface area (Å²) >= 11 is 0. The number of methoxy groups -OCH3 is 2. The highest BCUT2D eigenvalue weighted by Gasteiger charge is 2.26. The maximum absolute atomic E-state index is 9.83. The summed E-state index contributed by atoms with van der Waals surface area (Å²) in [5.74, 6) is 2.34. The lowest BCUT2D eigenvalue weighted by molar-refractivity contribution is 0.0748. The molecule has 0 spiro atoms. The smallest absolute Gasteiger partial charge is 0.163 e. The van der Waals surface area contributed by atoms with Crippen molar-refractivity contribution in [2.75, 3.05) is 19.5 Å². The predicted molar refractivity (Wildman–Crippen MR) is 89.1 cm³/mol. The molecule has 1 fully saturated rings. The third-order valence-corrected chi connectivity index (χ3v) is 4.52. The minimum atomic E-state index is -0.188. The van der Waals surface area contributed by atoms with Crippen LogP contribution in [-0.4, -0.2) is 41.4 Å². The summed E-state index contributed by atoms with van der Waals surface area (Å²) in [4.78, 5) is 9.08. The minimum Gasteiger partial charge on any atom is -0.493 e. The molecular formula is C17H23N3O3. The molecule has 1 aromatic heterocycles. The van der Waals surface area contributed by atoms with E-state index in [9.17, 15) is 5.11 Å². The van der Waals surface area contributed by atoms with Gasteiger partial charge < -0.3 is 19.9 Å². The monoisotopic (exact) mass is 317 g/mol. The van der Waals surface area contributed by atoms with E-state index >= 15 is 0 Å². The van der Waals surface area contributed by atoms with Crippen LogP contribution in [0.15, 0.2) is 18.3 Å². The second kappa shape index (κ2) is 6.58. The van der Waals surface area contributed by atoms with Gasteiger partial charge in [0.05, 0.1) is 37.6 Å². The number of rotatable bonds is 4. The first-order valence-electron chi connectivity index (χ1n) is 7.94. The molecular weight excluding hydrogens is 294 g/mol. The van der Waals surface area contributed by atoms with E-state index in [0.29, 0.717) is 23.5 Å². The first kappa shape index (κ1) is 15.8. The molecule has 0 unspecified atom stereocenters. The second-order valence-electron chi connectivity index (χ2n) is 6.15. The van der Waals surface area contributed by atoms with Crippen molar-refractivity contribution in [2.45, 2.75) is 38.3 Å². The number of benzene rings is 1. The van der Waals surface area contributed by atoms with E-state index in [1.54, 1.807) is 20.4 Å². The lowest BCUT2D eigenvalue weighted by Gasteiger charge is -2.31. The van der Waals surface area contributed by atoms with Crippen LogP contribution in [0.3, 0.4) is 0 Å². The summed E-state index contributed by atoms with van der Waals surface area (Å²) in [6.45, 7) is 2.09. The van der Waals surface area contributed by atoms with E-state index < -0.39 is 0 Å². The van der Waals surface area contributed by atoms with Crippen molar-refractivity contribution in [3.63, 3.8) is 0 Å². The Hall–Kier alpha value is -2.08. The Balaban J connectivity index is 1.82. The molecule has 6 heteroatoms. The van der Waals surface area contributed by atoms with Gasteiger partial charge in [0.2, 0.25) is 0 Å². The van der Waals surface area contributed by atoms with Gasteiger partial charge in [0.15, 0.2) is 11.5 Å². The third kappa shape index (κ3) is 3.32. The number of hydrogen-bond acceptors (Lipinski definition) is 6. The average molecular weight is 317 g/mol. The number of fused-ring (bicyclic) bond motifs is 1. The van der Waals surface area contributed by atoms with Crippen molar-refractivity contribution in [3.8, 4) is 11.5 Å². The summed E-state index contributed by atoms with van der Waals surface area (Å²) in [6, 6.07) is 3.98. The molecule has 2 aromatic rings. The molecule has 0 radical (unpaired) electrons. The molecule has 3 atom stereocenters.